The Kier molecular flexibility index (Phi) is 5.14. The van der Waals surface area contributed by atoms with Crippen molar-refractivity contribution in [2.24, 2.45) is 0 Å². The fourth-order valence-corrected chi connectivity index (χ4v) is 3.64. The van der Waals surface area contributed by atoms with Crippen molar-refractivity contribution in [3.8, 4) is 0 Å². The highest BCUT2D eigenvalue weighted by atomic mass is 19.1. The average Bonchev–Trinajstić information content (AvgIpc) is 3.04. The number of hydrogen-bond donors (Lipinski definition) is 1. The van der Waals surface area contributed by atoms with Crippen LogP contribution in [0, 0.1) is 5.82 Å². The Morgan fingerprint density at radius 1 is 1.07 bits per heavy atom. The summed E-state index contributed by atoms with van der Waals surface area (Å²) < 4.78 is 13.9. The molecule has 1 unspecified atom stereocenters. The molecule has 1 amide bonds. The van der Waals surface area contributed by atoms with Crippen LogP contribution in [0.25, 0.3) is 5.76 Å². The van der Waals surface area contributed by atoms with E-state index in [0.29, 0.717) is 11.1 Å². The standard InChI is InChI=1S/C24H19FN2O3/c1-2-15-6-8-17(9-7-15)22(28)20-21(16-10-12-26-13-11-16)27(24(30)23(20)29)19-5-3-4-18(25)14-19/h3-14,21,28H,2H2,1H3/b22-20+. The van der Waals surface area contributed by atoms with E-state index in [9.17, 15) is 19.1 Å². The first-order valence-corrected chi connectivity index (χ1v) is 9.57. The number of hydrogen-bond acceptors (Lipinski definition) is 4. The van der Waals surface area contributed by atoms with E-state index in [1.807, 2.05) is 19.1 Å². The first-order valence-electron chi connectivity index (χ1n) is 9.57. The van der Waals surface area contributed by atoms with Crippen molar-refractivity contribution < 1.29 is 19.1 Å². The van der Waals surface area contributed by atoms with E-state index >= 15 is 0 Å². The molecule has 1 aliphatic rings. The molecule has 1 N–H and O–H groups in total. The Labute approximate surface area is 173 Å². The van der Waals surface area contributed by atoms with Crippen LogP contribution in [0.3, 0.4) is 0 Å². The number of rotatable bonds is 4. The number of pyridine rings is 1. The van der Waals surface area contributed by atoms with Gasteiger partial charge in [-0.3, -0.25) is 19.5 Å². The maximum Gasteiger partial charge on any atom is 0.300 e. The largest absolute Gasteiger partial charge is 0.507 e. The molecule has 0 radical (unpaired) electrons. The van der Waals surface area contributed by atoms with E-state index in [4.69, 9.17) is 0 Å². The quantitative estimate of drug-likeness (QED) is 0.399. The minimum absolute atomic E-state index is 0.0419. The van der Waals surface area contributed by atoms with E-state index in [1.165, 1.54) is 35.5 Å². The molecule has 30 heavy (non-hydrogen) atoms. The van der Waals surface area contributed by atoms with Crippen LogP contribution in [-0.4, -0.2) is 21.8 Å². The molecule has 1 atom stereocenters. The Balaban J connectivity index is 1.92. The van der Waals surface area contributed by atoms with Crippen LogP contribution in [0.5, 0.6) is 0 Å². The summed E-state index contributed by atoms with van der Waals surface area (Å²) in [6.45, 7) is 2.02. The number of nitrogens with zero attached hydrogens (tertiary/aromatic N) is 2. The second-order valence-electron chi connectivity index (χ2n) is 6.98. The lowest BCUT2D eigenvalue weighted by Gasteiger charge is -2.25. The van der Waals surface area contributed by atoms with Gasteiger partial charge in [0, 0.05) is 23.6 Å². The third kappa shape index (κ3) is 3.37. The lowest BCUT2D eigenvalue weighted by Crippen LogP contribution is -2.29. The minimum atomic E-state index is -0.902. The van der Waals surface area contributed by atoms with Crippen molar-refractivity contribution in [2.45, 2.75) is 19.4 Å². The molecule has 2 aromatic carbocycles. The lowest BCUT2D eigenvalue weighted by molar-refractivity contribution is -0.132. The summed E-state index contributed by atoms with van der Waals surface area (Å²) in [5, 5.41) is 11.0. The molecule has 150 valence electrons. The molecular formula is C24H19FN2O3. The molecule has 1 saturated heterocycles. The summed E-state index contributed by atoms with van der Waals surface area (Å²) in [4.78, 5) is 31.1. The molecule has 6 heteroatoms. The van der Waals surface area contributed by atoms with Gasteiger partial charge in [0.1, 0.15) is 11.6 Å². The van der Waals surface area contributed by atoms with E-state index in [1.54, 1.807) is 30.3 Å². The summed E-state index contributed by atoms with van der Waals surface area (Å²) in [6.07, 6.45) is 3.91. The van der Waals surface area contributed by atoms with Crippen LogP contribution in [0.2, 0.25) is 0 Å². The van der Waals surface area contributed by atoms with Crippen LogP contribution in [-0.2, 0) is 16.0 Å². The highest BCUT2D eigenvalue weighted by Crippen LogP contribution is 2.42. The van der Waals surface area contributed by atoms with Gasteiger partial charge in [-0.25, -0.2) is 4.39 Å². The molecule has 3 aromatic rings. The Hall–Kier alpha value is -3.80. The van der Waals surface area contributed by atoms with Gasteiger partial charge in [0.2, 0.25) is 0 Å². The van der Waals surface area contributed by atoms with E-state index in [2.05, 4.69) is 4.98 Å². The van der Waals surface area contributed by atoms with Crippen LogP contribution >= 0.6 is 0 Å². The maximum atomic E-state index is 13.9. The summed E-state index contributed by atoms with van der Waals surface area (Å²) in [5.74, 6) is -2.44. The van der Waals surface area contributed by atoms with Crippen LogP contribution in [0.15, 0.2) is 78.6 Å². The molecule has 0 bridgehead atoms. The zero-order valence-corrected chi connectivity index (χ0v) is 16.2. The third-order valence-electron chi connectivity index (χ3n) is 5.19. The van der Waals surface area contributed by atoms with Gasteiger partial charge in [-0.1, -0.05) is 37.3 Å². The van der Waals surface area contributed by atoms with E-state index in [-0.39, 0.29) is 17.0 Å². The van der Waals surface area contributed by atoms with Crippen molar-refractivity contribution in [3.63, 3.8) is 0 Å². The SMILES string of the molecule is CCc1ccc(/C(O)=C2\C(=O)C(=O)N(c3cccc(F)c3)C2c2ccncc2)cc1. The average molecular weight is 402 g/mol. The highest BCUT2D eigenvalue weighted by Gasteiger charge is 2.47. The Morgan fingerprint density at radius 2 is 1.77 bits per heavy atom. The monoisotopic (exact) mass is 402 g/mol. The number of aromatic nitrogens is 1. The van der Waals surface area contributed by atoms with Crippen molar-refractivity contribution in [3.05, 3.63) is 101 Å². The second-order valence-corrected chi connectivity index (χ2v) is 6.98. The minimum Gasteiger partial charge on any atom is -0.507 e. The Morgan fingerprint density at radius 3 is 2.40 bits per heavy atom. The molecule has 5 nitrogen and oxygen atoms in total. The van der Waals surface area contributed by atoms with Crippen molar-refractivity contribution in [1.29, 1.82) is 0 Å². The van der Waals surface area contributed by atoms with Gasteiger partial charge >= 0.3 is 0 Å². The van der Waals surface area contributed by atoms with Gasteiger partial charge in [-0.05, 0) is 47.9 Å². The molecule has 0 aliphatic carbocycles. The van der Waals surface area contributed by atoms with Gasteiger partial charge in [0.15, 0.2) is 0 Å². The molecule has 0 spiro atoms. The third-order valence-corrected chi connectivity index (χ3v) is 5.19. The molecule has 1 fully saturated rings. The predicted octanol–water partition coefficient (Wildman–Crippen LogP) is 4.41. The van der Waals surface area contributed by atoms with Crippen molar-refractivity contribution in [1.82, 2.24) is 4.98 Å². The zero-order chi connectivity index (χ0) is 21.3. The lowest BCUT2D eigenvalue weighted by atomic mass is 9.95. The number of aliphatic hydroxyl groups is 1. The van der Waals surface area contributed by atoms with Gasteiger partial charge < -0.3 is 5.11 Å². The topological polar surface area (TPSA) is 70.5 Å². The van der Waals surface area contributed by atoms with Gasteiger partial charge in [-0.2, -0.15) is 0 Å². The summed E-state index contributed by atoms with van der Waals surface area (Å²) >= 11 is 0. The molecule has 4 rings (SSSR count). The highest BCUT2D eigenvalue weighted by molar-refractivity contribution is 6.51. The normalized spacial score (nSPS) is 18.1. The molecule has 1 aromatic heterocycles. The van der Waals surface area contributed by atoms with E-state index in [0.717, 1.165) is 12.0 Å². The summed E-state index contributed by atoms with van der Waals surface area (Å²) in [6, 6.07) is 15.0. The number of anilines is 1. The number of halogens is 1. The number of aryl methyl sites for hydroxylation is 1. The number of carbonyl (C=O) groups is 2. The smallest absolute Gasteiger partial charge is 0.300 e. The predicted molar refractivity (Wildman–Crippen MR) is 111 cm³/mol. The zero-order valence-electron chi connectivity index (χ0n) is 16.2. The maximum absolute atomic E-state index is 13.9. The summed E-state index contributed by atoms with van der Waals surface area (Å²) in [5.41, 5.74) is 2.29. The number of amides is 1. The van der Waals surface area contributed by atoms with Crippen LogP contribution < -0.4 is 4.90 Å². The van der Waals surface area contributed by atoms with Crippen LogP contribution in [0.4, 0.5) is 10.1 Å². The van der Waals surface area contributed by atoms with E-state index < -0.39 is 23.5 Å². The number of carbonyl (C=O) groups excluding carboxylic acids is 2. The fourth-order valence-electron chi connectivity index (χ4n) is 3.64. The van der Waals surface area contributed by atoms with Crippen molar-refractivity contribution >= 4 is 23.1 Å². The number of Topliss-reactive ketones (excluding diaryl/α,β-unsaturated/α-hetero) is 1. The van der Waals surface area contributed by atoms with Crippen LogP contribution in [0.1, 0.15) is 29.7 Å². The molecular weight excluding hydrogens is 383 g/mol. The number of aliphatic hydroxyl groups excluding tert-OH is 1. The van der Waals surface area contributed by atoms with Gasteiger partial charge in [-0.15, -0.1) is 0 Å². The second kappa shape index (κ2) is 7.91. The Bertz CT molecular complexity index is 1140. The molecule has 0 saturated carbocycles. The number of benzene rings is 2. The first-order chi connectivity index (χ1) is 14.5. The molecule has 2 heterocycles. The van der Waals surface area contributed by atoms with Gasteiger partial charge in [0.25, 0.3) is 11.7 Å². The fraction of sp³-hybridized carbons (Fsp3) is 0.125. The summed E-state index contributed by atoms with van der Waals surface area (Å²) in [7, 11) is 0. The molecule has 1 aliphatic heterocycles. The van der Waals surface area contributed by atoms with Gasteiger partial charge in [0.05, 0.1) is 11.6 Å². The first kappa shape index (κ1) is 19.5. The van der Waals surface area contributed by atoms with Crippen molar-refractivity contribution in [2.75, 3.05) is 4.90 Å². The number of ketones is 1.